The van der Waals surface area contributed by atoms with Gasteiger partial charge in [0, 0.05) is 67.3 Å². The van der Waals surface area contributed by atoms with Crippen LogP contribution in [0, 0.1) is 22.7 Å². The quantitative estimate of drug-likeness (QED) is 0.0419. The van der Waals surface area contributed by atoms with Crippen LogP contribution < -0.4 is 26.3 Å². The zero-order chi connectivity index (χ0) is 56.9. The van der Waals surface area contributed by atoms with Crippen molar-refractivity contribution in [2.75, 3.05) is 52.0 Å². The smallest absolute Gasteiger partial charge is 0.407 e. The van der Waals surface area contributed by atoms with E-state index in [2.05, 4.69) is 51.9 Å². The Labute approximate surface area is 444 Å². The minimum absolute atomic E-state index is 0.152. The number of hydrogen-bond acceptors (Lipinski definition) is 13. The molecule has 0 saturated carbocycles. The Bertz CT molecular complexity index is 2800. The van der Waals surface area contributed by atoms with E-state index in [-0.39, 0.29) is 12.1 Å². The maximum atomic E-state index is 14.6. The Kier molecular flexibility index (Phi) is 17.9. The zero-order valence-corrected chi connectivity index (χ0v) is 43.3. The van der Waals surface area contributed by atoms with Gasteiger partial charge < -0.3 is 40.2 Å². The molecule has 3 fully saturated rings. The van der Waals surface area contributed by atoms with Gasteiger partial charge in [-0.25, -0.2) is 24.3 Å². The number of piperazine rings is 1. The summed E-state index contributed by atoms with van der Waals surface area (Å²) in [6, 6.07) is 12.3. The number of alkyl carbamates (subject to hydrolysis) is 2. The third kappa shape index (κ3) is 13.6. The number of benzene rings is 2. The summed E-state index contributed by atoms with van der Waals surface area (Å²) in [7, 11) is 1.73. The van der Waals surface area contributed by atoms with Crippen molar-refractivity contribution in [3.05, 3.63) is 101 Å². The molecule has 5 heterocycles. The number of aromatic nitrogens is 3. The minimum Gasteiger partial charge on any atom is -0.453 e. The number of pyridine rings is 1. The highest BCUT2D eigenvalue weighted by molar-refractivity contribution is 5.87. The van der Waals surface area contributed by atoms with Crippen molar-refractivity contribution in [3.63, 3.8) is 0 Å². The molecular formula is C52H60F8N10O8. The van der Waals surface area contributed by atoms with Gasteiger partial charge in [0.2, 0.25) is 5.91 Å². The molecule has 3 aliphatic heterocycles. The van der Waals surface area contributed by atoms with E-state index < -0.39 is 91.1 Å². The molecule has 2 bridgehead atoms. The number of halogens is 8. The van der Waals surface area contributed by atoms with E-state index in [4.69, 9.17) is 4.74 Å². The fraction of sp³-hybridized carbons (Fsp3) is 0.500. The molecule has 5 N–H and O–H groups in total. The first-order valence-corrected chi connectivity index (χ1v) is 24.6. The predicted octanol–water partition coefficient (Wildman–Crippen LogP) is 5.95. The molecule has 422 valence electrons. The monoisotopic (exact) mass is 1100 g/mol. The van der Waals surface area contributed by atoms with Crippen LogP contribution in [0.15, 0.2) is 79.1 Å². The summed E-state index contributed by atoms with van der Waals surface area (Å²) < 4.78 is 129. The van der Waals surface area contributed by atoms with Crippen molar-refractivity contribution in [1.29, 1.82) is 0 Å². The maximum absolute atomic E-state index is 14.6. The van der Waals surface area contributed by atoms with Gasteiger partial charge in [0.15, 0.2) is 0 Å². The van der Waals surface area contributed by atoms with E-state index in [1.165, 1.54) is 30.3 Å². The molecule has 0 aliphatic carbocycles. The number of carbonyl (C=O) groups excluding carboxylic acids is 4. The lowest BCUT2D eigenvalue weighted by Gasteiger charge is -2.42. The molecule has 26 heteroatoms. The van der Waals surface area contributed by atoms with Crippen LogP contribution in [-0.2, 0) is 36.8 Å². The Morgan fingerprint density at radius 3 is 1.83 bits per heavy atom. The van der Waals surface area contributed by atoms with Gasteiger partial charge in [-0.2, -0.15) is 40.2 Å². The van der Waals surface area contributed by atoms with E-state index in [1.54, 1.807) is 30.5 Å². The number of amides is 4. The van der Waals surface area contributed by atoms with Gasteiger partial charge in [-0.15, -0.1) is 0 Å². The number of aliphatic hydroxyl groups is 1. The first kappa shape index (κ1) is 58.6. The van der Waals surface area contributed by atoms with E-state index >= 15 is 0 Å². The van der Waals surface area contributed by atoms with Gasteiger partial charge in [0.1, 0.15) is 17.9 Å². The highest BCUT2D eigenvalue weighted by Gasteiger charge is 2.57. The van der Waals surface area contributed by atoms with Crippen molar-refractivity contribution in [1.82, 2.24) is 46.0 Å². The van der Waals surface area contributed by atoms with Crippen LogP contribution in [0.1, 0.15) is 62.9 Å². The third-order valence-electron chi connectivity index (χ3n) is 14.4. The molecule has 0 radical (unpaired) electrons. The van der Waals surface area contributed by atoms with E-state index in [0.29, 0.717) is 78.3 Å². The summed E-state index contributed by atoms with van der Waals surface area (Å²) in [5.74, 6) is 4.11. The molecule has 0 unspecified atom stereocenters. The van der Waals surface area contributed by atoms with Crippen LogP contribution in [0.5, 0.6) is 0 Å². The van der Waals surface area contributed by atoms with Crippen LogP contribution in [0.25, 0.3) is 11.3 Å². The van der Waals surface area contributed by atoms with Crippen molar-refractivity contribution < 1.29 is 73.6 Å². The summed E-state index contributed by atoms with van der Waals surface area (Å²) >= 11 is 0. The van der Waals surface area contributed by atoms with Crippen LogP contribution in [0.4, 0.5) is 50.5 Å². The standard InChI is InChI=1S/C52H60F8N10O8/c1-49(2,51(55,56)57)42(63-47(74)76-5)44(72)62-39(21-31-10-7-30(8-11-31)9-12-32-15-18-41(61-23-32)69-26-35-22-36(69)25-68(35)37-28-78-29-37)40(71)27-67(66-45(73)43(64-48(75)77-6)50(3,4)52(58,59)60)24-33-13-16-34(17-14-33)38-19-20-70(65-38)46(53)54/h7-8,10-11,13-20,23,35-37,39-40,42-43,46,71H,21-22,24-29H2,1-6H3,(H,62,72)(H,63,74)(H,64,75)(H,66,73)/t35-,36-,39+,40+,42-,43-/m1/s1. The highest BCUT2D eigenvalue weighted by atomic mass is 19.4. The van der Waals surface area contributed by atoms with E-state index in [1.807, 2.05) is 22.8 Å². The van der Waals surface area contributed by atoms with Crippen LogP contribution in [0.2, 0.25) is 0 Å². The molecule has 2 aromatic carbocycles. The molecular weight excluding hydrogens is 1040 g/mol. The number of anilines is 1. The van der Waals surface area contributed by atoms with Crippen LogP contribution >= 0.6 is 0 Å². The van der Waals surface area contributed by atoms with E-state index in [9.17, 15) is 59.4 Å². The molecule has 4 aromatic rings. The van der Waals surface area contributed by atoms with Crippen molar-refractivity contribution in [3.8, 4) is 23.1 Å². The second-order valence-electron chi connectivity index (χ2n) is 20.4. The topological polar surface area (TPSA) is 205 Å². The van der Waals surface area contributed by atoms with Crippen molar-refractivity contribution >= 4 is 29.8 Å². The number of aliphatic hydroxyl groups excluding tert-OH is 1. The van der Waals surface area contributed by atoms with Crippen LogP contribution in [0.3, 0.4) is 0 Å². The lowest BCUT2D eigenvalue weighted by molar-refractivity contribution is -0.221. The predicted molar refractivity (Wildman–Crippen MR) is 265 cm³/mol. The number of fused-ring (bicyclic) bond motifs is 2. The number of carbonyl (C=O) groups is 4. The number of nitrogens with zero attached hydrogens (tertiary/aromatic N) is 6. The number of ether oxygens (including phenoxy) is 3. The summed E-state index contributed by atoms with van der Waals surface area (Å²) in [5.41, 5.74) is -1.24. The van der Waals surface area contributed by atoms with Crippen LogP contribution in [-0.4, -0.2) is 156 Å². The number of hydrogen-bond donors (Lipinski definition) is 5. The minimum atomic E-state index is -5.10. The molecule has 3 saturated heterocycles. The Morgan fingerprint density at radius 2 is 1.33 bits per heavy atom. The average Bonchev–Trinajstić information content (AvgIpc) is 4.18. The fourth-order valence-corrected chi connectivity index (χ4v) is 9.30. The average molecular weight is 1110 g/mol. The lowest BCUT2D eigenvalue weighted by Crippen LogP contribution is -2.63. The van der Waals surface area contributed by atoms with Crippen molar-refractivity contribution in [2.24, 2.45) is 10.8 Å². The number of likely N-dealkylation sites (tertiary alicyclic amines) is 1. The Balaban J connectivity index is 1.15. The SMILES string of the molecule is COC(=O)N[C@H](C(=O)N[C@@H](Cc1ccc(C#Cc2ccc(N3C[C@H]4C[C@@H]3CN4C3COC3)nc2)cc1)[C@@H](O)CN(Cc1ccc(-c2ccn(C(F)F)n2)cc1)NC(=O)[C@@H](NC(=O)OC)C(C)(C)C(F)(F)F)C(C)(C)C(F)(F)F. The Morgan fingerprint density at radius 1 is 0.756 bits per heavy atom. The molecule has 7 rings (SSSR count). The number of methoxy groups -OCH3 is 2. The fourth-order valence-electron chi connectivity index (χ4n) is 9.30. The van der Waals surface area contributed by atoms with Gasteiger partial charge in [-0.1, -0.05) is 48.2 Å². The third-order valence-corrected chi connectivity index (χ3v) is 14.4. The van der Waals surface area contributed by atoms with Gasteiger partial charge in [-0.3, -0.25) is 19.9 Å². The summed E-state index contributed by atoms with van der Waals surface area (Å²) in [6.45, 7) is 1.85. The molecule has 0 spiro atoms. The largest absolute Gasteiger partial charge is 0.453 e. The molecule has 3 aliphatic rings. The number of alkyl halides is 8. The van der Waals surface area contributed by atoms with Gasteiger partial charge >= 0.3 is 31.1 Å². The molecule has 18 nitrogen and oxygen atoms in total. The van der Waals surface area contributed by atoms with Crippen molar-refractivity contribution in [2.45, 2.75) is 108 Å². The number of nitrogens with one attached hydrogen (secondary N) is 4. The molecule has 4 amide bonds. The second-order valence-corrected chi connectivity index (χ2v) is 20.4. The molecule has 6 atom stereocenters. The second kappa shape index (κ2) is 23.9. The van der Waals surface area contributed by atoms with Gasteiger partial charge in [-0.05, 0) is 82.0 Å². The summed E-state index contributed by atoms with van der Waals surface area (Å²) in [5, 5.41) is 23.1. The van der Waals surface area contributed by atoms with Gasteiger partial charge in [0.25, 0.3) is 5.91 Å². The molecule has 78 heavy (non-hydrogen) atoms. The molecule has 2 aromatic heterocycles. The maximum Gasteiger partial charge on any atom is 0.407 e. The first-order chi connectivity index (χ1) is 36.7. The van der Waals surface area contributed by atoms with E-state index in [0.717, 1.165) is 64.0 Å². The number of hydrazine groups is 1. The van der Waals surface area contributed by atoms with Gasteiger partial charge in [0.05, 0.1) is 62.1 Å². The number of rotatable bonds is 19. The summed E-state index contributed by atoms with van der Waals surface area (Å²) in [4.78, 5) is 62.4. The Hall–Kier alpha value is -7.08. The highest BCUT2D eigenvalue weighted by Crippen LogP contribution is 2.42. The normalized spacial score (nSPS) is 18.6. The zero-order valence-electron chi connectivity index (χ0n) is 43.3. The first-order valence-electron chi connectivity index (χ1n) is 24.6. The lowest BCUT2D eigenvalue weighted by atomic mass is 9.82. The summed E-state index contributed by atoms with van der Waals surface area (Å²) in [6.07, 6.45) is -11.4.